The largest absolute Gasteiger partial charge is 0.371 e. The van der Waals surface area contributed by atoms with E-state index in [9.17, 15) is 0 Å². The van der Waals surface area contributed by atoms with Crippen molar-refractivity contribution in [1.29, 1.82) is 0 Å². The van der Waals surface area contributed by atoms with Gasteiger partial charge in [0.05, 0.1) is 0 Å². The monoisotopic (exact) mass is 373 g/mol. The van der Waals surface area contributed by atoms with E-state index in [2.05, 4.69) is 58.6 Å². The van der Waals surface area contributed by atoms with Crippen LogP contribution in [0.15, 0.2) is 49.3 Å². The molecule has 1 unspecified atom stereocenters. The SMILES string of the molecule is C=C(c1ccc2c(c1)C(C)CCC2)N1CC2(CCN(c3ccncc3)CC2)C1. The molecular formula is C25H31N3. The van der Waals surface area contributed by atoms with Crippen molar-refractivity contribution in [2.24, 2.45) is 5.41 Å². The lowest BCUT2D eigenvalue weighted by Gasteiger charge is -2.56. The zero-order chi connectivity index (χ0) is 19.1. The van der Waals surface area contributed by atoms with Gasteiger partial charge in [-0.05, 0) is 72.9 Å². The fraction of sp³-hybridized carbons (Fsp3) is 0.480. The molecule has 1 aromatic heterocycles. The predicted molar refractivity (Wildman–Crippen MR) is 117 cm³/mol. The number of benzene rings is 1. The third-order valence-corrected chi connectivity index (χ3v) is 7.38. The van der Waals surface area contributed by atoms with Gasteiger partial charge in [-0.15, -0.1) is 0 Å². The van der Waals surface area contributed by atoms with Crippen LogP contribution in [-0.2, 0) is 6.42 Å². The van der Waals surface area contributed by atoms with E-state index in [1.165, 1.54) is 62.1 Å². The maximum atomic E-state index is 4.47. The van der Waals surface area contributed by atoms with Gasteiger partial charge in [0.15, 0.2) is 0 Å². The Labute approximate surface area is 169 Å². The van der Waals surface area contributed by atoms with Gasteiger partial charge in [0.1, 0.15) is 0 Å². The summed E-state index contributed by atoms with van der Waals surface area (Å²) in [6, 6.07) is 11.3. The van der Waals surface area contributed by atoms with Crippen molar-refractivity contribution in [3.8, 4) is 0 Å². The summed E-state index contributed by atoms with van der Waals surface area (Å²) in [5.74, 6) is 0.691. The highest BCUT2D eigenvalue weighted by Gasteiger charge is 2.45. The molecule has 5 rings (SSSR count). The van der Waals surface area contributed by atoms with Crippen molar-refractivity contribution in [1.82, 2.24) is 9.88 Å². The molecule has 28 heavy (non-hydrogen) atoms. The van der Waals surface area contributed by atoms with Crippen LogP contribution in [0.5, 0.6) is 0 Å². The first-order chi connectivity index (χ1) is 13.6. The number of likely N-dealkylation sites (tertiary alicyclic amines) is 1. The van der Waals surface area contributed by atoms with Crippen LogP contribution in [-0.4, -0.2) is 36.1 Å². The lowest BCUT2D eigenvalue weighted by atomic mass is 9.71. The molecule has 3 nitrogen and oxygen atoms in total. The Bertz CT molecular complexity index is 857. The molecular weight excluding hydrogens is 342 g/mol. The second-order valence-electron chi connectivity index (χ2n) is 9.20. The van der Waals surface area contributed by atoms with Crippen molar-refractivity contribution in [2.45, 2.75) is 44.9 Å². The Morgan fingerprint density at radius 2 is 1.86 bits per heavy atom. The Morgan fingerprint density at radius 3 is 2.61 bits per heavy atom. The van der Waals surface area contributed by atoms with Crippen LogP contribution in [0.1, 0.15) is 55.2 Å². The maximum Gasteiger partial charge on any atom is 0.0397 e. The van der Waals surface area contributed by atoms with Crippen molar-refractivity contribution >= 4 is 11.4 Å². The molecule has 146 valence electrons. The van der Waals surface area contributed by atoms with Gasteiger partial charge in [-0.3, -0.25) is 4.98 Å². The van der Waals surface area contributed by atoms with Crippen LogP contribution in [0, 0.1) is 5.41 Å². The highest BCUT2D eigenvalue weighted by molar-refractivity contribution is 5.64. The molecule has 1 atom stereocenters. The minimum Gasteiger partial charge on any atom is -0.371 e. The van der Waals surface area contributed by atoms with E-state index in [1.54, 1.807) is 11.1 Å². The molecule has 0 amide bonds. The molecule has 0 bridgehead atoms. The van der Waals surface area contributed by atoms with Gasteiger partial charge in [0, 0.05) is 55.4 Å². The van der Waals surface area contributed by atoms with E-state index in [0.29, 0.717) is 11.3 Å². The van der Waals surface area contributed by atoms with Crippen LogP contribution >= 0.6 is 0 Å². The second-order valence-corrected chi connectivity index (χ2v) is 9.20. The number of aryl methyl sites for hydroxylation is 1. The standard InChI is InChI=1S/C25H31N3/c1-19-4-3-5-21-6-7-22(16-24(19)21)20(2)28-17-25(18-28)10-14-27(15-11-25)23-8-12-26-13-9-23/h6-9,12-13,16,19H,2-5,10-11,14-15,17-18H2,1H3. The number of aromatic nitrogens is 1. The number of rotatable bonds is 3. The number of nitrogens with zero attached hydrogens (tertiary/aromatic N) is 3. The second kappa shape index (κ2) is 6.95. The average molecular weight is 374 g/mol. The molecule has 3 aliphatic rings. The summed E-state index contributed by atoms with van der Waals surface area (Å²) in [7, 11) is 0. The lowest BCUT2D eigenvalue weighted by Crippen LogP contribution is -2.59. The first-order valence-corrected chi connectivity index (χ1v) is 10.9. The fourth-order valence-electron chi connectivity index (χ4n) is 5.46. The van der Waals surface area contributed by atoms with Gasteiger partial charge in [0.2, 0.25) is 0 Å². The summed E-state index contributed by atoms with van der Waals surface area (Å²) >= 11 is 0. The zero-order valence-electron chi connectivity index (χ0n) is 17.0. The van der Waals surface area contributed by atoms with Crippen molar-refractivity contribution in [3.05, 3.63) is 66.0 Å². The van der Waals surface area contributed by atoms with Crippen LogP contribution in [0.25, 0.3) is 5.70 Å². The van der Waals surface area contributed by atoms with Gasteiger partial charge in [0.25, 0.3) is 0 Å². The quantitative estimate of drug-likeness (QED) is 0.747. The average Bonchev–Trinajstić information content (AvgIpc) is 2.72. The molecule has 3 heteroatoms. The van der Waals surface area contributed by atoms with E-state index in [-0.39, 0.29) is 0 Å². The summed E-state index contributed by atoms with van der Waals surface area (Å²) in [6.07, 6.45) is 10.2. The molecule has 1 aromatic carbocycles. The van der Waals surface area contributed by atoms with Crippen LogP contribution in [0.4, 0.5) is 5.69 Å². The minimum atomic E-state index is 0.494. The normalized spacial score (nSPS) is 23.2. The first-order valence-electron chi connectivity index (χ1n) is 10.9. The number of anilines is 1. The highest BCUT2D eigenvalue weighted by atomic mass is 15.2. The number of pyridine rings is 1. The van der Waals surface area contributed by atoms with Gasteiger partial charge in [-0.2, -0.15) is 0 Å². The van der Waals surface area contributed by atoms with E-state index in [4.69, 9.17) is 0 Å². The maximum absolute atomic E-state index is 4.47. The topological polar surface area (TPSA) is 19.4 Å². The Kier molecular flexibility index (Phi) is 4.41. The van der Waals surface area contributed by atoms with E-state index in [0.717, 1.165) is 13.1 Å². The molecule has 2 aliphatic heterocycles. The lowest BCUT2D eigenvalue weighted by molar-refractivity contribution is 0.0259. The third kappa shape index (κ3) is 3.11. The van der Waals surface area contributed by atoms with Crippen LogP contribution < -0.4 is 4.90 Å². The minimum absolute atomic E-state index is 0.494. The zero-order valence-corrected chi connectivity index (χ0v) is 17.0. The molecule has 0 N–H and O–H groups in total. The van der Waals surface area contributed by atoms with Crippen LogP contribution in [0.2, 0.25) is 0 Å². The summed E-state index contributed by atoms with van der Waals surface area (Å²) in [4.78, 5) is 9.16. The smallest absolute Gasteiger partial charge is 0.0397 e. The number of fused-ring (bicyclic) bond motifs is 1. The molecule has 1 spiro atoms. The Hall–Kier alpha value is -2.29. The van der Waals surface area contributed by atoms with Gasteiger partial charge < -0.3 is 9.80 Å². The summed E-state index contributed by atoms with van der Waals surface area (Å²) in [5.41, 5.74) is 7.48. The van der Waals surface area contributed by atoms with Gasteiger partial charge in [-0.1, -0.05) is 25.6 Å². The predicted octanol–water partition coefficient (Wildman–Crippen LogP) is 5.09. The van der Waals surface area contributed by atoms with Crippen molar-refractivity contribution < 1.29 is 0 Å². The summed E-state index contributed by atoms with van der Waals surface area (Å²) < 4.78 is 0. The summed E-state index contributed by atoms with van der Waals surface area (Å²) in [5, 5.41) is 0. The molecule has 0 saturated carbocycles. The highest BCUT2D eigenvalue weighted by Crippen LogP contribution is 2.44. The molecule has 0 radical (unpaired) electrons. The van der Waals surface area contributed by atoms with E-state index in [1.807, 2.05) is 12.4 Å². The van der Waals surface area contributed by atoms with E-state index < -0.39 is 0 Å². The first kappa shape index (κ1) is 17.8. The van der Waals surface area contributed by atoms with Gasteiger partial charge >= 0.3 is 0 Å². The Balaban J connectivity index is 1.22. The fourth-order valence-corrected chi connectivity index (χ4v) is 5.46. The Morgan fingerprint density at radius 1 is 1.11 bits per heavy atom. The third-order valence-electron chi connectivity index (χ3n) is 7.38. The van der Waals surface area contributed by atoms with Gasteiger partial charge in [-0.25, -0.2) is 0 Å². The number of hydrogen-bond acceptors (Lipinski definition) is 3. The number of hydrogen-bond donors (Lipinski definition) is 0. The van der Waals surface area contributed by atoms with Crippen LogP contribution in [0.3, 0.4) is 0 Å². The van der Waals surface area contributed by atoms with E-state index >= 15 is 0 Å². The molecule has 1 aliphatic carbocycles. The summed E-state index contributed by atoms with van der Waals surface area (Å²) in [6.45, 7) is 11.5. The van der Waals surface area contributed by atoms with Crippen molar-refractivity contribution in [2.75, 3.05) is 31.1 Å². The molecule has 2 aromatic rings. The number of piperidine rings is 1. The molecule has 3 heterocycles. The molecule has 2 fully saturated rings. The van der Waals surface area contributed by atoms with Crippen molar-refractivity contribution in [3.63, 3.8) is 0 Å². The molecule has 2 saturated heterocycles.